The van der Waals surface area contributed by atoms with Crippen molar-refractivity contribution in [1.82, 2.24) is 0 Å². The number of hydrogen-bond donors (Lipinski definition) is 1. The lowest BCUT2D eigenvalue weighted by molar-refractivity contribution is -0.219. The summed E-state index contributed by atoms with van der Waals surface area (Å²) in [7, 11) is 1.33. The second-order valence-electron chi connectivity index (χ2n) is 13.6. The van der Waals surface area contributed by atoms with Crippen LogP contribution in [0.25, 0.3) is 0 Å². The van der Waals surface area contributed by atoms with Crippen molar-refractivity contribution >= 4 is 9.03 Å². The quantitative estimate of drug-likeness (QED) is 0.0465. The van der Waals surface area contributed by atoms with Gasteiger partial charge in [-0.25, -0.2) is 0 Å². The summed E-state index contributed by atoms with van der Waals surface area (Å²) in [4.78, 5) is 0. The van der Waals surface area contributed by atoms with E-state index in [0.717, 1.165) is 27.8 Å². The summed E-state index contributed by atoms with van der Waals surface area (Å²) < 4.78 is 57.1. The predicted molar refractivity (Wildman–Crippen MR) is 218 cm³/mol. The number of methoxy groups -OCH3 is 1. The van der Waals surface area contributed by atoms with Gasteiger partial charge in [-0.15, -0.1) is 0 Å². The summed E-state index contributed by atoms with van der Waals surface area (Å²) in [5, 5.41) is 10.8. The minimum atomic E-state index is -0.848. The molecule has 6 rings (SSSR count). The van der Waals surface area contributed by atoms with E-state index in [1.807, 2.05) is 152 Å². The summed E-state index contributed by atoms with van der Waals surface area (Å²) in [5.74, 6) is 0. The molecule has 1 aliphatic rings. The van der Waals surface area contributed by atoms with Crippen LogP contribution in [0.3, 0.4) is 0 Å². The lowest BCUT2D eigenvalue weighted by Crippen LogP contribution is -2.48. The summed E-state index contributed by atoms with van der Waals surface area (Å²) in [6, 6.07) is 49.5. The summed E-state index contributed by atoms with van der Waals surface area (Å²) in [6.07, 6.45) is -4.74. The van der Waals surface area contributed by atoms with Crippen molar-refractivity contribution in [2.45, 2.75) is 75.9 Å². The van der Waals surface area contributed by atoms with Crippen molar-refractivity contribution < 1.29 is 47.3 Å². The molecule has 57 heavy (non-hydrogen) atoms. The van der Waals surface area contributed by atoms with Gasteiger partial charge < -0.3 is 47.3 Å². The first-order valence-electron chi connectivity index (χ1n) is 19.3. The maximum absolute atomic E-state index is 10.8. The molecule has 5 aromatic rings. The van der Waals surface area contributed by atoms with Gasteiger partial charge in [0.15, 0.2) is 15.3 Å². The first-order chi connectivity index (χ1) is 28.2. The molecule has 11 heteroatoms. The van der Waals surface area contributed by atoms with Crippen molar-refractivity contribution in [1.29, 1.82) is 0 Å². The van der Waals surface area contributed by atoms with E-state index in [1.54, 1.807) is 7.11 Å². The van der Waals surface area contributed by atoms with Crippen molar-refractivity contribution in [2.75, 3.05) is 26.9 Å². The van der Waals surface area contributed by atoms with Crippen LogP contribution in [0.15, 0.2) is 152 Å². The van der Waals surface area contributed by atoms with E-state index in [2.05, 4.69) is 0 Å². The lowest BCUT2D eigenvalue weighted by Gasteiger charge is -2.33. The first kappa shape index (κ1) is 42.7. The Kier molecular flexibility index (Phi) is 18.1. The molecule has 1 saturated heterocycles. The minimum absolute atomic E-state index is 0.0269. The Balaban J connectivity index is 1.19. The average Bonchev–Trinajstić information content (AvgIpc) is 3.61. The molecule has 5 aromatic carbocycles. The summed E-state index contributed by atoms with van der Waals surface area (Å²) in [6.45, 7) is 1.59. The van der Waals surface area contributed by atoms with Crippen LogP contribution < -0.4 is 0 Å². The maximum atomic E-state index is 10.8. The number of ether oxygens (including phenoxy) is 7. The zero-order valence-corrected chi connectivity index (χ0v) is 33.3. The smallest absolute Gasteiger partial charge is 0.187 e. The Labute approximate surface area is 337 Å². The Morgan fingerprint density at radius 3 is 1.51 bits per heavy atom. The summed E-state index contributed by atoms with van der Waals surface area (Å²) >= 11 is 0. The zero-order valence-electron chi connectivity index (χ0n) is 32.3. The third-order valence-corrected chi connectivity index (χ3v) is 10.1. The molecular formula is C46H53O10P. The van der Waals surface area contributed by atoms with Gasteiger partial charge in [0, 0.05) is 7.11 Å². The number of rotatable bonds is 25. The SMILES string of the molecule is COC1C(OCC(OCc2ccccc2)C(OCc2ccccc2)C(CO)OCc2ccccc2)OC(COCc2ccccc2)C1OPOCc1ccccc1. The maximum Gasteiger partial charge on any atom is 0.187 e. The van der Waals surface area contributed by atoms with Crippen LogP contribution in [0.5, 0.6) is 0 Å². The Morgan fingerprint density at radius 1 is 0.561 bits per heavy atom. The molecule has 1 aliphatic heterocycles. The Bertz CT molecular complexity index is 1770. The fourth-order valence-corrected chi connectivity index (χ4v) is 7.14. The molecule has 8 unspecified atom stereocenters. The van der Waals surface area contributed by atoms with Gasteiger partial charge in [0.25, 0.3) is 0 Å². The van der Waals surface area contributed by atoms with Crippen molar-refractivity contribution in [3.05, 3.63) is 179 Å². The average molecular weight is 797 g/mol. The largest absolute Gasteiger partial charge is 0.394 e. The Morgan fingerprint density at radius 2 is 1.02 bits per heavy atom. The van der Waals surface area contributed by atoms with E-state index in [9.17, 15) is 5.11 Å². The van der Waals surface area contributed by atoms with Crippen LogP contribution in [-0.4, -0.2) is 75.0 Å². The molecule has 0 spiro atoms. The van der Waals surface area contributed by atoms with Crippen molar-refractivity contribution in [2.24, 2.45) is 0 Å². The molecule has 1 fully saturated rings. The van der Waals surface area contributed by atoms with Crippen LogP contribution in [0.2, 0.25) is 0 Å². The molecule has 8 atom stereocenters. The second-order valence-corrected chi connectivity index (χ2v) is 14.3. The molecule has 0 radical (unpaired) electrons. The third-order valence-electron chi connectivity index (χ3n) is 9.49. The Hall–Kier alpha value is -3.87. The highest BCUT2D eigenvalue weighted by atomic mass is 31.1. The highest BCUT2D eigenvalue weighted by Gasteiger charge is 2.48. The van der Waals surface area contributed by atoms with Crippen molar-refractivity contribution in [3.63, 3.8) is 0 Å². The minimum Gasteiger partial charge on any atom is -0.394 e. The van der Waals surface area contributed by atoms with E-state index >= 15 is 0 Å². The standard InChI is InChI=1S/C46H53O10P/c1-48-45-44(56-57-54-32-39-25-15-6-16-26-39)42(33-49-28-35-17-7-2-8-18-35)55-46(45)53-34-41(51-30-37-21-11-4-12-22-37)43(52-31-38-23-13-5-14-24-38)40(27-47)50-29-36-19-9-3-10-20-36/h2-26,40-47,57H,27-34H2,1H3. The molecule has 302 valence electrons. The highest BCUT2D eigenvalue weighted by Crippen LogP contribution is 2.34. The monoisotopic (exact) mass is 796 g/mol. The van der Waals surface area contributed by atoms with Gasteiger partial charge in [-0.2, -0.15) is 0 Å². The fraction of sp³-hybridized carbons (Fsp3) is 0.348. The van der Waals surface area contributed by atoms with Gasteiger partial charge in [-0.3, -0.25) is 0 Å². The van der Waals surface area contributed by atoms with E-state index in [4.69, 9.17) is 42.2 Å². The molecule has 10 nitrogen and oxygen atoms in total. The first-order valence-corrected chi connectivity index (χ1v) is 20.1. The van der Waals surface area contributed by atoms with E-state index in [-0.39, 0.29) is 48.7 Å². The van der Waals surface area contributed by atoms with E-state index in [1.165, 1.54) is 0 Å². The normalized spacial score (nSPS) is 19.8. The molecule has 0 amide bonds. The van der Waals surface area contributed by atoms with Crippen LogP contribution >= 0.6 is 9.03 Å². The molecule has 0 saturated carbocycles. The van der Waals surface area contributed by atoms with Crippen LogP contribution in [0, 0.1) is 0 Å². The molecule has 0 bridgehead atoms. The van der Waals surface area contributed by atoms with Gasteiger partial charge in [0.2, 0.25) is 0 Å². The van der Waals surface area contributed by atoms with Crippen LogP contribution in [-0.2, 0) is 75.2 Å². The van der Waals surface area contributed by atoms with E-state index < -0.39 is 42.9 Å². The van der Waals surface area contributed by atoms with Gasteiger partial charge in [0.1, 0.15) is 36.6 Å². The highest BCUT2D eigenvalue weighted by molar-refractivity contribution is 7.26. The van der Waals surface area contributed by atoms with Crippen LogP contribution in [0.1, 0.15) is 27.8 Å². The number of aliphatic hydroxyl groups is 1. The van der Waals surface area contributed by atoms with Gasteiger partial charge in [-0.05, 0) is 27.8 Å². The molecule has 0 aliphatic carbocycles. The topological polar surface area (TPSA) is 103 Å². The van der Waals surface area contributed by atoms with Crippen LogP contribution in [0.4, 0.5) is 0 Å². The molecule has 1 N–H and O–H groups in total. The number of aliphatic hydroxyl groups excluding tert-OH is 1. The zero-order chi connectivity index (χ0) is 39.3. The molecular weight excluding hydrogens is 743 g/mol. The molecule has 1 heterocycles. The number of hydrogen-bond acceptors (Lipinski definition) is 10. The number of benzene rings is 5. The van der Waals surface area contributed by atoms with Gasteiger partial charge >= 0.3 is 0 Å². The molecule has 0 aromatic heterocycles. The summed E-state index contributed by atoms with van der Waals surface area (Å²) in [5.41, 5.74) is 5.01. The third kappa shape index (κ3) is 13.9. The predicted octanol–water partition coefficient (Wildman–Crippen LogP) is 7.82. The fourth-order valence-electron chi connectivity index (χ4n) is 6.45. The van der Waals surface area contributed by atoms with Gasteiger partial charge in [0.05, 0.1) is 52.9 Å². The lowest BCUT2D eigenvalue weighted by atomic mass is 10.1. The van der Waals surface area contributed by atoms with Crippen molar-refractivity contribution in [3.8, 4) is 0 Å². The second kappa shape index (κ2) is 24.1. The van der Waals surface area contributed by atoms with Gasteiger partial charge in [-0.1, -0.05) is 152 Å². The van der Waals surface area contributed by atoms with E-state index in [0.29, 0.717) is 13.2 Å².